The second kappa shape index (κ2) is 5.53. The van der Waals surface area contributed by atoms with Gasteiger partial charge in [-0.2, -0.15) is 5.10 Å². The summed E-state index contributed by atoms with van der Waals surface area (Å²) in [4.78, 5) is 10.9. The van der Waals surface area contributed by atoms with Crippen molar-refractivity contribution in [2.75, 3.05) is 18.0 Å². The van der Waals surface area contributed by atoms with Crippen molar-refractivity contribution in [3.8, 4) is 0 Å². The maximum atomic E-state index is 4.47. The van der Waals surface area contributed by atoms with E-state index in [1.165, 1.54) is 17.7 Å². The molecule has 0 radical (unpaired) electrons. The van der Waals surface area contributed by atoms with Gasteiger partial charge in [0.1, 0.15) is 6.33 Å². The quantitative estimate of drug-likeness (QED) is 0.837. The lowest BCUT2D eigenvalue weighted by Gasteiger charge is -2.33. The van der Waals surface area contributed by atoms with Crippen molar-refractivity contribution in [3.05, 3.63) is 41.6 Å². The summed E-state index contributed by atoms with van der Waals surface area (Å²) in [5, 5.41) is 8.45. The number of piperidine rings is 1. The third-order valence-electron chi connectivity index (χ3n) is 3.85. The van der Waals surface area contributed by atoms with Gasteiger partial charge >= 0.3 is 0 Å². The second-order valence-electron chi connectivity index (χ2n) is 5.41. The average molecular weight is 269 g/mol. The fourth-order valence-corrected chi connectivity index (χ4v) is 2.80. The predicted octanol–water partition coefficient (Wildman–Crippen LogP) is 2.27. The fourth-order valence-electron chi connectivity index (χ4n) is 2.80. The van der Waals surface area contributed by atoms with E-state index < -0.39 is 0 Å². The largest absolute Gasteiger partial charge is 0.354 e. The smallest absolute Gasteiger partial charge is 0.151 e. The Morgan fingerprint density at radius 3 is 2.85 bits per heavy atom. The molecule has 0 unspecified atom stereocenters. The Morgan fingerprint density at radius 1 is 1.20 bits per heavy atom. The molecule has 1 saturated heterocycles. The van der Waals surface area contributed by atoms with E-state index in [4.69, 9.17) is 0 Å². The summed E-state index contributed by atoms with van der Waals surface area (Å²) in [5.74, 6) is 1.42. The summed E-state index contributed by atoms with van der Waals surface area (Å²) in [6.07, 6.45) is 5.87. The topological polar surface area (TPSA) is 54.8 Å². The minimum atomic E-state index is 0.454. The summed E-state index contributed by atoms with van der Waals surface area (Å²) < 4.78 is 0. The molecule has 20 heavy (non-hydrogen) atoms. The molecule has 0 bridgehead atoms. The Labute approximate surface area is 119 Å². The molecular formula is C15H19N5. The van der Waals surface area contributed by atoms with Crippen LogP contribution in [0.15, 0.2) is 24.7 Å². The molecule has 5 heteroatoms. The van der Waals surface area contributed by atoms with E-state index in [2.05, 4.69) is 38.1 Å². The van der Waals surface area contributed by atoms with Gasteiger partial charge in [0.25, 0.3) is 0 Å². The molecule has 0 amide bonds. The van der Waals surface area contributed by atoms with Crippen molar-refractivity contribution in [1.29, 1.82) is 0 Å². The van der Waals surface area contributed by atoms with Crippen LogP contribution >= 0.6 is 0 Å². The maximum absolute atomic E-state index is 4.47. The summed E-state index contributed by atoms with van der Waals surface area (Å²) in [6, 6.07) is 4.07. The van der Waals surface area contributed by atoms with Gasteiger partial charge in [-0.05, 0) is 44.4 Å². The zero-order valence-electron chi connectivity index (χ0n) is 12.0. The highest BCUT2D eigenvalue weighted by Crippen LogP contribution is 2.29. The summed E-state index contributed by atoms with van der Waals surface area (Å²) in [5.41, 5.74) is 3.30. The first-order chi connectivity index (χ1) is 9.74. The van der Waals surface area contributed by atoms with Crippen molar-refractivity contribution in [2.24, 2.45) is 0 Å². The molecule has 1 fully saturated rings. The molecule has 0 aromatic carbocycles. The van der Waals surface area contributed by atoms with Crippen LogP contribution in [0.3, 0.4) is 0 Å². The lowest BCUT2D eigenvalue weighted by Crippen LogP contribution is -2.35. The van der Waals surface area contributed by atoms with E-state index in [0.717, 1.165) is 31.0 Å². The van der Waals surface area contributed by atoms with Crippen molar-refractivity contribution in [1.82, 2.24) is 20.2 Å². The van der Waals surface area contributed by atoms with Gasteiger partial charge in [-0.15, -0.1) is 5.10 Å². The van der Waals surface area contributed by atoms with E-state index in [1.54, 1.807) is 6.33 Å². The van der Waals surface area contributed by atoms with Gasteiger partial charge < -0.3 is 4.90 Å². The number of hydrogen-bond donors (Lipinski definition) is 0. The van der Waals surface area contributed by atoms with Crippen molar-refractivity contribution in [2.45, 2.75) is 32.6 Å². The highest BCUT2D eigenvalue weighted by Gasteiger charge is 2.24. The van der Waals surface area contributed by atoms with Crippen LogP contribution in [-0.4, -0.2) is 33.3 Å². The van der Waals surface area contributed by atoms with Gasteiger partial charge in [-0.3, -0.25) is 0 Å². The number of aromatic nitrogens is 4. The Morgan fingerprint density at radius 2 is 2.10 bits per heavy atom. The average Bonchev–Trinajstić information content (AvgIpc) is 2.49. The third kappa shape index (κ3) is 2.61. The molecule has 0 aliphatic carbocycles. The molecule has 104 valence electrons. The van der Waals surface area contributed by atoms with Gasteiger partial charge in [0.05, 0.1) is 11.4 Å². The highest BCUT2D eigenvalue weighted by molar-refractivity contribution is 5.39. The van der Waals surface area contributed by atoms with Gasteiger partial charge in [0.2, 0.25) is 0 Å². The monoisotopic (exact) mass is 269 g/mol. The van der Waals surface area contributed by atoms with Gasteiger partial charge in [-0.1, -0.05) is 0 Å². The molecule has 5 nitrogen and oxygen atoms in total. The Bertz CT molecular complexity index is 581. The molecule has 2 aromatic rings. The standard InChI is InChI=1S/C15H19N5/c1-11-8-16-10-17-15(11)13-4-3-7-20(9-13)14-6-5-12(2)18-19-14/h5-6,8,10,13H,3-4,7,9H2,1-2H3/t13-/m0/s1. The number of rotatable bonds is 2. The van der Waals surface area contributed by atoms with Crippen LogP contribution in [0.2, 0.25) is 0 Å². The van der Waals surface area contributed by atoms with E-state index in [0.29, 0.717) is 5.92 Å². The molecular weight excluding hydrogens is 250 g/mol. The molecule has 3 rings (SSSR count). The number of nitrogens with zero attached hydrogens (tertiary/aromatic N) is 5. The van der Waals surface area contributed by atoms with E-state index in [1.807, 2.05) is 19.2 Å². The van der Waals surface area contributed by atoms with E-state index >= 15 is 0 Å². The maximum Gasteiger partial charge on any atom is 0.151 e. The lowest BCUT2D eigenvalue weighted by atomic mass is 9.92. The van der Waals surface area contributed by atoms with Crippen LogP contribution in [0, 0.1) is 13.8 Å². The first-order valence-electron chi connectivity index (χ1n) is 7.06. The molecule has 1 atom stereocenters. The zero-order chi connectivity index (χ0) is 13.9. The number of aryl methyl sites for hydroxylation is 2. The van der Waals surface area contributed by atoms with Crippen molar-refractivity contribution in [3.63, 3.8) is 0 Å². The number of hydrogen-bond acceptors (Lipinski definition) is 5. The molecule has 0 N–H and O–H groups in total. The summed E-state index contributed by atoms with van der Waals surface area (Å²) >= 11 is 0. The Hall–Kier alpha value is -2.04. The molecule has 1 aliphatic heterocycles. The molecule has 0 saturated carbocycles. The van der Waals surface area contributed by atoms with Crippen LogP contribution in [0.4, 0.5) is 5.82 Å². The number of anilines is 1. The minimum Gasteiger partial charge on any atom is -0.354 e. The lowest BCUT2D eigenvalue weighted by molar-refractivity contribution is 0.494. The Kier molecular flexibility index (Phi) is 3.58. The highest BCUT2D eigenvalue weighted by atomic mass is 15.3. The molecule has 1 aliphatic rings. The molecule has 2 aromatic heterocycles. The second-order valence-corrected chi connectivity index (χ2v) is 5.41. The van der Waals surface area contributed by atoms with Gasteiger partial charge in [0, 0.05) is 25.2 Å². The molecule has 0 spiro atoms. The van der Waals surface area contributed by atoms with Crippen LogP contribution in [0.25, 0.3) is 0 Å². The van der Waals surface area contributed by atoms with E-state index in [-0.39, 0.29) is 0 Å². The first kappa shape index (κ1) is 13.0. The zero-order valence-corrected chi connectivity index (χ0v) is 12.0. The van der Waals surface area contributed by atoms with Gasteiger partial charge in [-0.25, -0.2) is 9.97 Å². The first-order valence-corrected chi connectivity index (χ1v) is 7.06. The molecule has 3 heterocycles. The predicted molar refractivity (Wildman–Crippen MR) is 77.7 cm³/mol. The van der Waals surface area contributed by atoms with Crippen molar-refractivity contribution < 1.29 is 0 Å². The summed E-state index contributed by atoms with van der Waals surface area (Å²) in [7, 11) is 0. The van der Waals surface area contributed by atoms with Crippen LogP contribution < -0.4 is 4.90 Å². The van der Waals surface area contributed by atoms with Crippen LogP contribution in [0.5, 0.6) is 0 Å². The third-order valence-corrected chi connectivity index (χ3v) is 3.85. The minimum absolute atomic E-state index is 0.454. The van der Waals surface area contributed by atoms with Crippen molar-refractivity contribution >= 4 is 5.82 Å². The van der Waals surface area contributed by atoms with Gasteiger partial charge in [0.15, 0.2) is 5.82 Å². The normalized spacial score (nSPS) is 19.1. The fraction of sp³-hybridized carbons (Fsp3) is 0.467. The summed E-state index contributed by atoms with van der Waals surface area (Å²) in [6.45, 7) is 6.04. The van der Waals surface area contributed by atoms with Crippen LogP contribution in [-0.2, 0) is 0 Å². The SMILES string of the molecule is Cc1ccc(N2CCC[C@H](c3ncncc3C)C2)nn1. The van der Waals surface area contributed by atoms with Crippen LogP contribution in [0.1, 0.15) is 35.7 Å². The Balaban J connectivity index is 1.80. The van der Waals surface area contributed by atoms with E-state index in [9.17, 15) is 0 Å².